The Morgan fingerprint density at radius 2 is 2.31 bits per heavy atom. The lowest BCUT2D eigenvalue weighted by molar-refractivity contribution is -0.137. The molecule has 1 rings (SSSR count). The Bertz CT molecular complexity index is 308. The Kier molecular flexibility index (Phi) is 2.97. The van der Waals surface area contributed by atoms with Gasteiger partial charge in [-0.2, -0.15) is 0 Å². The van der Waals surface area contributed by atoms with Gasteiger partial charge >= 0.3 is 5.97 Å². The normalized spacial score (nSPS) is 10.3. The van der Waals surface area contributed by atoms with Crippen molar-refractivity contribution < 1.29 is 14.6 Å². The molecule has 72 valence electrons. The predicted octanol–water partition coefficient (Wildman–Crippen LogP) is -0.182. The molecule has 0 aliphatic heterocycles. The third-order valence-corrected chi connectivity index (χ3v) is 1.58. The zero-order valence-corrected chi connectivity index (χ0v) is 7.52. The molecule has 0 atom stereocenters. The van der Waals surface area contributed by atoms with Crippen LogP contribution >= 0.6 is 0 Å². The first kappa shape index (κ1) is 9.66. The number of nitrogens with zero attached hydrogens (tertiary/aromatic N) is 3. The van der Waals surface area contributed by atoms with Gasteiger partial charge in [0.1, 0.15) is 19.0 Å². The molecule has 0 unspecified atom stereocenters. The highest BCUT2D eigenvalue weighted by Gasteiger charge is 2.10. The Hall–Kier alpha value is -1.43. The molecule has 1 aromatic rings. The fraction of sp³-hybridized carbons (Fsp3) is 0.571. The molecule has 6 nitrogen and oxygen atoms in total. The van der Waals surface area contributed by atoms with Crippen molar-refractivity contribution in [3.63, 3.8) is 0 Å². The van der Waals surface area contributed by atoms with E-state index < -0.39 is 5.97 Å². The molecule has 13 heavy (non-hydrogen) atoms. The Labute approximate surface area is 75.2 Å². The molecule has 0 spiro atoms. The van der Waals surface area contributed by atoms with Crippen LogP contribution in [0, 0.1) is 6.92 Å². The summed E-state index contributed by atoms with van der Waals surface area (Å²) in [5.74, 6) is 0.192. The number of ether oxygens (including phenoxy) is 1. The van der Waals surface area contributed by atoms with Gasteiger partial charge in [-0.25, -0.2) is 0 Å². The summed E-state index contributed by atoms with van der Waals surface area (Å²) in [6, 6.07) is 0. The third kappa shape index (κ3) is 2.25. The van der Waals surface area contributed by atoms with Crippen molar-refractivity contribution in [2.75, 3.05) is 7.11 Å². The number of carbonyl (C=O) groups is 1. The van der Waals surface area contributed by atoms with Crippen LogP contribution in [0.4, 0.5) is 0 Å². The molecule has 0 aliphatic carbocycles. The minimum absolute atomic E-state index is 0.127. The maximum Gasteiger partial charge on any atom is 0.323 e. The summed E-state index contributed by atoms with van der Waals surface area (Å²) in [5, 5.41) is 16.1. The van der Waals surface area contributed by atoms with Crippen LogP contribution < -0.4 is 0 Å². The Balaban J connectivity index is 2.87. The maximum absolute atomic E-state index is 10.5. The van der Waals surface area contributed by atoms with Crippen LogP contribution in [0.1, 0.15) is 11.6 Å². The van der Waals surface area contributed by atoms with E-state index in [2.05, 4.69) is 10.2 Å². The zero-order valence-electron chi connectivity index (χ0n) is 7.52. The van der Waals surface area contributed by atoms with Crippen LogP contribution in [-0.2, 0) is 22.7 Å². The number of aromatic nitrogens is 3. The minimum Gasteiger partial charge on any atom is -0.480 e. The molecule has 1 aromatic heterocycles. The second kappa shape index (κ2) is 3.99. The molecular weight excluding hydrogens is 174 g/mol. The standard InChI is InChI=1S/C7H11N3O3/c1-5-8-9-6(4-13-2)10(5)3-7(11)12/h3-4H2,1-2H3,(H,11,12). The Morgan fingerprint density at radius 1 is 1.62 bits per heavy atom. The minimum atomic E-state index is -0.916. The summed E-state index contributed by atoms with van der Waals surface area (Å²) in [6.07, 6.45) is 0. The average molecular weight is 185 g/mol. The van der Waals surface area contributed by atoms with Crippen molar-refractivity contribution in [1.29, 1.82) is 0 Å². The quantitative estimate of drug-likeness (QED) is 0.703. The number of aryl methyl sites for hydroxylation is 1. The van der Waals surface area contributed by atoms with E-state index >= 15 is 0 Å². The molecule has 0 aromatic carbocycles. The van der Waals surface area contributed by atoms with Crippen molar-refractivity contribution >= 4 is 5.97 Å². The number of aliphatic carboxylic acids is 1. The summed E-state index contributed by atoms with van der Waals surface area (Å²) >= 11 is 0. The SMILES string of the molecule is COCc1nnc(C)n1CC(=O)O. The van der Waals surface area contributed by atoms with Crippen molar-refractivity contribution in [3.8, 4) is 0 Å². The van der Waals surface area contributed by atoms with Crippen LogP contribution in [0.3, 0.4) is 0 Å². The first-order chi connectivity index (χ1) is 6.15. The fourth-order valence-corrected chi connectivity index (χ4v) is 1.00. The molecule has 0 saturated carbocycles. The third-order valence-electron chi connectivity index (χ3n) is 1.58. The highest BCUT2D eigenvalue weighted by atomic mass is 16.5. The van der Waals surface area contributed by atoms with Gasteiger partial charge < -0.3 is 14.4 Å². The second-order valence-electron chi connectivity index (χ2n) is 2.58. The lowest BCUT2D eigenvalue weighted by Crippen LogP contribution is -2.13. The largest absolute Gasteiger partial charge is 0.480 e. The number of methoxy groups -OCH3 is 1. The Morgan fingerprint density at radius 3 is 2.85 bits per heavy atom. The van der Waals surface area contributed by atoms with E-state index in [-0.39, 0.29) is 13.2 Å². The van der Waals surface area contributed by atoms with Crippen molar-refractivity contribution in [1.82, 2.24) is 14.8 Å². The van der Waals surface area contributed by atoms with Gasteiger partial charge in [0.05, 0.1) is 0 Å². The number of rotatable bonds is 4. The molecule has 0 radical (unpaired) electrons. The van der Waals surface area contributed by atoms with Gasteiger partial charge in [-0.3, -0.25) is 4.79 Å². The summed E-state index contributed by atoms with van der Waals surface area (Å²) in [4.78, 5) is 10.5. The first-order valence-corrected chi connectivity index (χ1v) is 3.74. The van der Waals surface area contributed by atoms with Crippen LogP contribution in [0.2, 0.25) is 0 Å². The molecule has 0 bridgehead atoms. The topological polar surface area (TPSA) is 77.2 Å². The maximum atomic E-state index is 10.5. The van der Waals surface area contributed by atoms with E-state index in [9.17, 15) is 4.79 Å². The van der Waals surface area contributed by atoms with E-state index in [1.807, 2.05) is 0 Å². The van der Waals surface area contributed by atoms with Gasteiger partial charge in [-0.1, -0.05) is 0 Å². The monoisotopic (exact) mass is 185 g/mol. The van der Waals surface area contributed by atoms with Crippen molar-refractivity contribution in [2.24, 2.45) is 0 Å². The zero-order chi connectivity index (χ0) is 9.84. The van der Waals surface area contributed by atoms with Gasteiger partial charge in [-0.15, -0.1) is 10.2 Å². The van der Waals surface area contributed by atoms with Crippen LogP contribution in [0.25, 0.3) is 0 Å². The fourth-order valence-electron chi connectivity index (χ4n) is 1.00. The molecule has 1 heterocycles. The number of carboxylic acids is 1. The van der Waals surface area contributed by atoms with E-state index in [0.29, 0.717) is 11.6 Å². The van der Waals surface area contributed by atoms with E-state index in [0.717, 1.165) is 0 Å². The summed E-state index contributed by atoms with van der Waals surface area (Å²) in [7, 11) is 1.52. The van der Waals surface area contributed by atoms with Crippen LogP contribution in [0.15, 0.2) is 0 Å². The molecular formula is C7H11N3O3. The van der Waals surface area contributed by atoms with Gasteiger partial charge in [0.25, 0.3) is 0 Å². The lowest BCUT2D eigenvalue weighted by Gasteiger charge is -2.03. The molecule has 0 fully saturated rings. The lowest BCUT2D eigenvalue weighted by atomic mass is 10.5. The van der Waals surface area contributed by atoms with Gasteiger partial charge in [0, 0.05) is 7.11 Å². The number of carboxylic acid groups (broad SMARTS) is 1. The van der Waals surface area contributed by atoms with Gasteiger partial charge in [0.2, 0.25) is 0 Å². The number of hydrogen-bond acceptors (Lipinski definition) is 4. The van der Waals surface area contributed by atoms with Gasteiger partial charge in [-0.05, 0) is 6.92 Å². The van der Waals surface area contributed by atoms with Crippen LogP contribution in [-0.4, -0.2) is 33.0 Å². The summed E-state index contributed by atoms with van der Waals surface area (Å²) in [6.45, 7) is 1.85. The molecule has 0 saturated heterocycles. The van der Waals surface area contributed by atoms with Crippen molar-refractivity contribution in [2.45, 2.75) is 20.1 Å². The van der Waals surface area contributed by atoms with E-state index in [4.69, 9.17) is 9.84 Å². The highest BCUT2D eigenvalue weighted by Crippen LogP contribution is 2.01. The summed E-state index contributed by atoms with van der Waals surface area (Å²) < 4.78 is 6.35. The average Bonchev–Trinajstić information content (AvgIpc) is 2.36. The first-order valence-electron chi connectivity index (χ1n) is 3.74. The van der Waals surface area contributed by atoms with Gasteiger partial charge in [0.15, 0.2) is 5.82 Å². The van der Waals surface area contributed by atoms with Crippen molar-refractivity contribution in [3.05, 3.63) is 11.6 Å². The molecule has 6 heteroatoms. The van der Waals surface area contributed by atoms with E-state index in [1.54, 1.807) is 6.92 Å². The second-order valence-corrected chi connectivity index (χ2v) is 2.58. The molecule has 0 amide bonds. The highest BCUT2D eigenvalue weighted by molar-refractivity contribution is 5.66. The predicted molar refractivity (Wildman–Crippen MR) is 43.1 cm³/mol. The smallest absolute Gasteiger partial charge is 0.323 e. The van der Waals surface area contributed by atoms with Crippen LogP contribution in [0.5, 0.6) is 0 Å². The summed E-state index contributed by atoms with van der Waals surface area (Å²) in [5.41, 5.74) is 0. The van der Waals surface area contributed by atoms with E-state index in [1.165, 1.54) is 11.7 Å². The molecule has 1 N–H and O–H groups in total. The molecule has 0 aliphatic rings. The number of hydrogen-bond donors (Lipinski definition) is 1.